The van der Waals surface area contributed by atoms with Crippen molar-refractivity contribution in [2.75, 3.05) is 0 Å². The van der Waals surface area contributed by atoms with Crippen molar-refractivity contribution < 1.29 is 0 Å². The predicted molar refractivity (Wildman–Crippen MR) is 64.4 cm³/mol. The van der Waals surface area contributed by atoms with Crippen molar-refractivity contribution >= 4 is 0 Å². The quantitative estimate of drug-likeness (QED) is 0.580. The van der Waals surface area contributed by atoms with E-state index >= 15 is 0 Å². The van der Waals surface area contributed by atoms with E-state index in [0.717, 1.165) is 24.7 Å². The first-order valence-corrected chi connectivity index (χ1v) is 6.73. The molecule has 1 fully saturated rings. The molecule has 0 amide bonds. The van der Waals surface area contributed by atoms with Crippen LogP contribution in [-0.2, 0) is 0 Å². The van der Waals surface area contributed by atoms with Gasteiger partial charge in [-0.15, -0.1) is 0 Å². The molecule has 0 aromatic heterocycles. The van der Waals surface area contributed by atoms with Crippen LogP contribution in [0.15, 0.2) is 0 Å². The summed E-state index contributed by atoms with van der Waals surface area (Å²) in [7, 11) is 0. The van der Waals surface area contributed by atoms with Gasteiger partial charge in [0.2, 0.25) is 0 Å². The first kappa shape index (κ1) is 12.6. The Kier molecular flexibility index (Phi) is 6.48. The van der Waals surface area contributed by atoms with Gasteiger partial charge in [0, 0.05) is 6.42 Å². The average molecular weight is 207 g/mol. The van der Waals surface area contributed by atoms with Gasteiger partial charge in [0.15, 0.2) is 0 Å². The summed E-state index contributed by atoms with van der Waals surface area (Å²) < 4.78 is 0. The maximum absolute atomic E-state index is 8.54. The Morgan fingerprint density at radius 2 is 1.60 bits per heavy atom. The van der Waals surface area contributed by atoms with E-state index in [-0.39, 0.29) is 0 Å². The first-order valence-electron chi connectivity index (χ1n) is 6.73. The van der Waals surface area contributed by atoms with E-state index in [2.05, 4.69) is 13.0 Å². The van der Waals surface area contributed by atoms with E-state index in [0.29, 0.717) is 0 Å². The number of hydrogen-bond donors (Lipinski definition) is 0. The second-order valence-corrected chi connectivity index (χ2v) is 5.08. The Morgan fingerprint density at radius 1 is 1.00 bits per heavy atom. The Morgan fingerprint density at radius 3 is 2.13 bits per heavy atom. The third-order valence-electron chi connectivity index (χ3n) is 3.85. The second-order valence-electron chi connectivity index (χ2n) is 5.08. The molecular weight excluding hydrogens is 182 g/mol. The highest BCUT2D eigenvalue weighted by Crippen LogP contribution is 2.33. The summed E-state index contributed by atoms with van der Waals surface area (Å²) in [6.45, 7) is 2.28. The molecule has 1 nitrogen and oxygen atoms in total. The largest absolute Gasteiger partial charge is 0.198 e. The summed E-state index contributed by atoms with van der Waals surface area (Å²) in [5.41, 5.74) is 0. The SMILES string of the molecule is CCCCCC1CCC(CCC#N)CC1. The molecule has 0 bridgehead atoms. The Labute approximate surface area is 94.9 Å². The van der Waals surface area contributed by atoms with E-state index in [1.165, 1.54) is 51.4 Å². The van der Waals surface area contributed by atoms with Crippen LogP contribution >= 0.6 is 0 Å². The van der Waals surface area contributed by atoms with Crippen molar-refractivity contribution in [3.63, 3.8) is 0 Å². The Bertz CT molecular complexity index is 184. The minimum atomic E-state index is 0.769. The molecule has 1 aliphatic rings. The van der Waals surface area contributed by atoms with Crippen LogP contribution in [0.1, 0.15) is 71.1 Å². The summed E-state index contributed by atoms with van der Waals surface area (Å²) in [5, 5.41) is 8.54. The molecule has 1 saturated carbocycles. The van der Waals surface area contributed by atoms with Gasteiger partial charge in [0.1, 0.15) is 0 Å². The number of unbranched alkanes of at least 4 members (excludes halogenated alkanes) is 2. The Hall–Kier alpha value is -0.510. The van der Waals surface area contributed by atoms with Crippen molar-refractivity contribution in [2.45, 2.75) is 71.1 Å². The van der Waals surface area contributed by atoms with E-state index in [1.54, 1.807) is 0 Å². The summed E-state index contributed by atoms with van der Waals surface area (Å²) in [4.78, 5) is 0. The minimum Gasteiger partial charge on any atom is -0.198 e. The van der Waals surface area contributed by atoms with E-state index in [4.69, 9.17) is 5.26 Å². The van der Waals surface area contributed by atoms with Crippen LogP contribution in [0, 0.1) is 23.2 Å². The van der Waals surface area contributed by atoms with Crippen molar-refractivity contribution in [3.05, 3.63) is 0 Å². The molecule has 86 valence electrons. The molecule has 1 heteroatoms. The minimum absolute atomic E-state index is 0.769. The fourth-order valence-electron chi connectivity index (χ4n) is 2.76. The van der Waals surface area contributed by atoms with Crippen LogP contribution < -0.4 is 0 Å². The molecule has 15 heavy (non-hydrogen) atoms. The number of rotatable bonds is 6. The summed E-state index contributed by atoms with van der Waals surface area (Å²) in [6, 6.07) is 2.27. The molecule has 0 unspecified atom stereocenters. The smallest absolute Gasteiger partial charge is 0.0621 e. The summed E-state index contributed by atoms with van der Waals surface area (Å²) in [6.07, 6.45) is 13.2. The van der Waals surface area contributed by atoms with Crippen LogP contribution in [0.5, 0.6) is 0 Å². The summed E-state index contributed by atoms with van der Waals surface area (Å²) >= 11 is 0. The molecule has 0 heterocycles. The normalized spacial score (nSPS) is 26.1. The van der Waals surface area contributed by atoms with Gasteiger partial charge in [-0.3, -0.25) is 0 Å². The van der Waals surface area contributed by atoms with Crippen LogP contribution in [0.3, 0.4) is 0 Å². The maximum atomic E-state index is 8.54. The predicted octanol–water partition coefficient (Wildman–Crippen LogP) is 4.68. The van der Waals surface area contributed by atoms with Crippen molar-refractivity contribution in [3.8, 4) is 6.07 Å². The fraction of sp³-hybridized carbons (Fsp3) is 0.929. The third-order valence-corrected chi connectivity index (χ3v) is 3.85. The standard InChI is InChI=1S/C14H25N/c1-2-3-4-6-13-8-10-14(11-9-13)7-5-12-15/h13-14H,2-11H2,1H3. The summed E-state index contributed by atoms with van der Waals surface area (Å²) in [5.74, 6) is 1.88. The zero-order chi connectivity index (χ0) is 10.9. The molecule has 0 aliphatic heterocycles. The van der Waals surface area contributed by atoms with Gasteiger partial charge >= 0.3 is 0 Å². The highest BCUT2D eigenvalue weighted by molar-refractivity contribution is 4.77. The molecule has 0 radical (unpaired) electrons. The molecule has 0 saturated heterocycles. The molecule has 0 N–H and O–H groups in total. The van der Waals surface area contributed by atoms with E-state index < -0.39 is 0 Å². The van der Waals surface area contributed by atoms with Crippen LogP contribution in [0.4, 0.5) is 0 Å². The second kappa shape index (κ2) is 7.74. The lowest BCUT2D eigenvalue weighted by Crippen LogP contribution is -2.14. The van der Waals surface area contributed by atoms with Crippen LogP contribution in [-0.4, -0.2) is 0 Å². The lowest BCUT2D eigenvalue weighted by Gasteiger charge is -2.28. The molecule has 1 aliphatic carbocycles. The maximum Gasteiger partial charge on any atom is 0.0621 e. The van der Waals surface area contributed by atoms with Crippen molar-refractivity contribution in [1.82, 2.24) is 0 Å². The van der Waals surface area contributed by atoms with Crippen molar-refractivity contribution in [1.29, 1.82) is 5.26 Å². The van der Waals surface area contributed by atoms with Crippen molar-refractivity contribution in [2.24, 2.45) is 11.8 Å². The number of hydrogen-bond acceptors (Lipinski definition) is 1. The van der Waals surface area contributed by atoms with Gasteiger partial charge in [0.05, 0.1) is 6.07 Å². The van der Waals surface area contributed by atoms with Crippen LogP contribution in [0.2, 0.25) is 0 Å². The number of nitrogens with zero attached hydrogens (tertiary/aromatic N) is 1. The lowest BCUT2D eigenvalue weighted by atomic mass is 9.78. The van der Waals surface area contributed by atoms with Gasteiger partial charge in [-0.05, 0) is 18.3 Å². The van der Waals surface area contributed by atoms with Gasteiger partial charge in [-0.25, -0.2) is 0 Å². The topological polar surface area (TPSA) is 23.8 Å². The first-order chi connectivity index (χ1) is 7.36. The zero-order valence-corrected chi connectivity index (χ0v) is 10.2. The van der Waals surface area contributed by atoms with E-state index in [9.17, 15) is 0 Å². The molecule has 0 atom stereocenters. The van der Waals surface area contributed by atoms with Gasteiger partial charge in [-0.2, -0.15) is 5.26 Å². The fourth-order valence-corrected chi connectivity index (χ4v) is 2.76. The molecule has 1 rings (SSSR count). The molecule has 0 aromatic carbocycles. The van der Waals surface area contributed by atoms with Gasteiger partial charge < -0.3 is 0 Å². The molecule has 0 spiro atoms. The van der Waals surface area contributed by atoms with Gasteiger partial charge in [-0.1, -0.05) is 58.3 Å². The Balaban J connectivity index is 2.05. The molecular formula is C14H25N. The number of nitriles is 1. The van der Waals surface area contributed by atoms with Crippen LogP contribution in [0.25, 0.3) is 0 Å². The third kappa shape index (κ3) is 5.21. The average Bonchev–Trinajstić information content (AvgIpc) is 2.28. The highest BCUT2D eigenvalue weighted by Gasteiger charge is 2.20. The highest BCUT2D eigenvalue weighted by atomic mass is 14.3. The van der Waals surface area contributed by atoms with E-state index in [1.807, 2.05) is 0 Å². The lowest BCUT2D eigenvalue weighted by molar-refractivity contribution is 0.250. The monoisotopic (exact) mass is 207 g/mol. The zero-order valence-electron chi connectivity index (χ0n) is 10.2. The molecule has 0 aromatic rings. The van der Waals surface area contributed by atoms with Gasteiger partial charge in [0.25, 0.3) is 0 Å².